The zero-order chi connectivity index (χ0) is 11.7. The van der Waals surface area contributed by atoms with Gasteiger partial charge < -0.3 is 9.64 Å². The quantitative estimate of drug-likeness (QED) is 0.688. The number of fused-ring (bicyclic) bond motifs is 1. The fraction of sp³-hybridized carbons (Fsp3) is 0.364. The molecule has 3 heterocycles. The summed E-state index contributed by atoms with van der Waals surface area (Å²) >= 11 is 0. The Morgan fingerprint density at radius 3 is 2.94 bits per heavy atom. The molecular weight excluding hydrogens is 220 g/mol. The van der Waals surface area contributed by atoms with Gasteiger partial charge in [0.2, 0.25) is 5.78 Å². The van der Waals surface area contributed by atoms with E-state index >= 15 is 0 Å². The predicted octanol–water partition coefficient (Wildman–Crippen LogP) is -0.0739. The summed E-state index contributed by atoms with van der Waals surface area (Å²) < 4.78 is 6.70. The van der Waals surface area contributed by atoms with Crippen molar-refractivity contribution in [2.45, 2.75) is 0 Å². The van der Waals surface area contributed by atoms with Crippen LogP contribution in [0.5, 0.6) is 0 Å². The normalized spacial score (nSPS) is 16.4. The summed E-state index contributed by atoms with van der Waals surface area (Å²) in [4.78, 5) is 22.4. The average molecular weight is 232 g/mol. The van der Waals surface area contributed by atoms with E-state index in [1.54, 1.807) is 24.5 Å². The van der Waals surface area contributed by atoms with Gasteiger partial charge in [-0.15, -0.1) is 0 Å². The molecule has 0 amide bonds. The largest absolute Gasteiger partial charge is 0.378 e. The van der Waals surface area contributed by atoms with E-state index in [1.165, 1.54) is 4.40 Å². The fourth-order valence-corrected chi connectivity index (χ4v) is 1.89. The summed E-state index contributed by atoms with van der Waals surface area (Å²) in [5.74, 6) is 1.11. The Morgan fingerprint density at radius 2 is 2.12 bits per heavy atom. The number of anilines is 1. The van der Waals surface area contributed by atoms with Crippen LogP contribution < -0.4 is 10.5 Å². The molecule has 17 heavy (non-hydrogen) atoms. The van der Waals surface area contributed by atoms with Gasteiger partial charge in [0, 0.05) is 31.5 Å². The predicted molar refractivity (Wildman–Crippen MR) is 62.3 cm³/mol. The molecule has 0 atom stereocenters. The van der Waals surface area contributed by atoms with Crippen LogP contribution in [0.25, 0.3) is 5.78 Å². The SMILES string of the molecule is O=c1cc(N2CCOCC2)nc2ncccn12. The van der Waals surface area contributed by atoms with Gasteiger partial charge in [-0.3, -0.25) is 9.20 Å². The van der Waals surface area contributed by atoms with Crippen LogP contribution in [0.4, 0.5) is 5.82 Å². The van der Waals surface area contributed by atoms with Gasteiger partial charge in [0.05, 0.1) is 13.2 Å². The average Bonchev–Trinajstić information content (AvgIpc) is 2.40. The number of hydrogen-bond donors (Lipinski definition) is 0. The molecule has 0 aliphatic carbocycles. The van der Waals surface area contributed by atoms with Gasteiger partial charge in [0.15, 0.2) is 0 Å². The molecule has 2 aromatic rings. The number of aromatic nitrogens is 3. The molecule has 1 aliphatic rings. The minimum atomic E-state index is -0.107. The van der Waals surface area contributed by atoms with Crippen molar-refractivity contribution in [1.29, 1.82) is 0 Å². The molecule has 0 radical (unpaired) electrons. The standard InChI is InChI=1S/C11H12N4O2/c16-10-8-9(14-4-6-17-7-5-14)13-11-12-2-1-3-15(10)11/h1-3,8H,4-7H2. The first-order valence-corrected chi connectivity index (χ1v) is 5.52. The van der Waals surface area contributed by atoms with Crippen LogP contribution in [0.15, 0.2) is 29.3 Å². The van der Waals surface area contributed by atoms with Gasteiger partial charge in [-0.1, -0.05) is 0 Å². The second-order valence-electron chi connectivity index (χ2n) is 3.84. The van der Waals surface area contributed by atoms with E-state index in [4.69, 9.17) is 4.74 Å². The number of hydrogen-bond acceptors (Lipinski definition) is 5. The molecule has 3 rings (SSSR count). The third-order valence-corrected chi connectivity index (χ3v) is 2.77. The highest BCUT2D eigenvalue weighted by molar-refractivity contribution is 5.44. The van der Waals surface area contributed by atoms with Crippen LogP contribution in [0.1, 0.15) is 0 Å². The molecule has 0 N–H and O–H groups in total. The monoisotopic (exact) mass is 232 g/mol. The lowest BCUT2D eigenvalue weighted by molar-refractivity contribution is 0.122. The Hall–Kier alpha value is -1.95. The van der Waals surface area contributed by atoms with E-state index in [0.717, 1.165) is 13.1 Å². The number of nitrogens with zero attached hydrogens (tertiary/aromatic N) is 4. The molecule has 1 saturated heterocycles. The summed E-state index contributed by atoms with van der Waals surface area (Å²) in [7, 11) is 0. The number of morpholine rings is 1. The third-order valence-electron chi connectivity index (χ3n) is 2.77. The first kappa shape index (κ1) is 10.2. The van der Waals surface area contributed by atoms with Crippen molar-refractivity contribution >= 4 is 11.6 Å². The topological polar surface area (TPSA) is 59.7 Å². The summed E-state index contributed by atoms with van der Waals surface area (Å²) in [5.41, 5.74) is -0.107. The lowest BCUT2D eigenvalue weighted by Gasteiger charge is -2.27. The highest BCUT2D eigenvalue weighted by Crippen LogP contribution is 2.10. The van der Waals surface area contributed by atoms with Gasteiger partial charge in [-0.05, 0) is 6.07 Å². The summed E-state index contributed by atoms with van der Waals surface area (Å²) in [6, 6.07) is 3.25. The van der Waals surface area contributed by atoms with Gasteiger partial charge in [0.25, 0.3) is 5.56 Å². The van der Waals surface area contributed by atoms with E-state index in [1.807, 2.05) is 4.90 Å². The van der Waals surface area contributed by atoms with Crippen LogP contribution >= 0.6 is 0 Å². The Bertz CT molecular complexity index is 589. The van der Waals surface area contributed by atoms with E-state index in [-0.39, 0.29) is 5.56 Å². The van der Waals surface area contributed by atoms with Crippen molar-refractivity contribution < 1.29 is 4.74 Å². The summed E-state index contributed by atoms with van der Waals surface area (Å²) in [6.45, 7) is 2.86. The molecular formula is C11H12N4O2. The van der Waals surface area contributed by atoms with E-state index in [9.17, 15) is 4.79 Å². The van der Waals surface area contributed by atoms with Gasteiger partial charge in [-0.25, -0.2) is 4.98 Å². The Kier molecular flexibility index (Phi) is 2.49. The molecule has 0 unspecified atom stereocenters. The van der Waals surface area contributed by atoms with Crippen LogP contribution in [0.3, 0.4) is 0 Å². The summed E-state index contributed by atoms with van der Waals surface area (Å²) in [6.07, 6.45) is 3.30. The number of ether oxygens (including phenoxy) is 1. The van der Waals surface area contributed by atoms with Crippen LogP contribution in [0, 0.1) is 0 Å². The Morgan fingerprint density at radius 1 is 1.29 bits per heavy atom. The zero-order valence-corrected chi connectivity index (χ0v) is 9.24. The van der Waals surface area contributed by atoms with Crippen molar-refractivity contribution in [3.63, 3.8) is 0 Å². The smallest absolute Gasteiger partial charge is 0.261 e. The molecule has 2 aromatic heterocycles. The molecule has 88 valence electrons. The Balaban J connectivity index is 2.08. The van der Waals surface area contributed by atoms with Gasteiger partial charge >= 0.3 is 0 Å². The maximum absolute atomic E-state index is 11.9. The highest BCUT2D eigenvalue weighted by Gasteiger charge is 2.14. The molecule has 0 spiro atoms. The number of rotatable bonds is 1. The maximum atomic E-state index is 11.9. The van der Waals surface area contributed by atoms with E-state index in [0.29, 0.717) is 24.8 Å². The van der Waals surface area contributed by atoms with Gasteiger partial charge in [-0.2, -0.15) is 4.98 Å². The first-order chi connectivity index (χ1) is 8.34. The lowest BCUT2D eigenvalue weighted by atomic mass is 10.4. The Labute approximate surface area is 97.5 Å². The van der Waals surface area contributed by atoms with E-state index < -0.39 is 0 Å². The van der Waals surface area contributed by atoms with Crippen LogP contribution in [-0.2, 0) is 4.74 Å². The lowest BCUT2D eigenvalue weighted by Crippen LogP contribution is -2.37. The van der Waals surface area contributed by atoms with Crippen molar-refractivity contribution in [2.24, 2.45) is 0 Å². The van der Waals surface area contributed by atoms with E-state index in [2.05, 4.69) is 9.97 Å². The van der Waals surface area contributed by atoms with Crippen molar-refractivity contribution in [3.8, 4) is 0 Å². The first-order valence-electron chi connectivity index (χ1n) is 5.52. The van der Waals surface area contributed by atoms with Crippen LogP contribution in [0.2, 0.25) is 0 Å². The third kappa shape index (κ3) is 1.87. The molecule has 1 aliphatic heterocycles. The molecule has 0 bridgehead atoms. The van der Waals surface area contributed by atoms with Crippen LogP contribution in [-0.4, -0.2) is 40.7 Å². The maximum Gasteiger partial charge on any atom is 0.261 e. The zero-order valence-electron chi connectivity index (χ0n) is 9.24. The molecule has 6 heteroatoms. The van der Waals surface area contributed by atoms with Crippen molar-refractivity contribution in [2.75, 3.05) is 31.2 Å². The van der Waals surface area contributed by atoms with Gasteiger partial charge in [0.1, 0.15) is 5.82 Å². The molecule has 0 saturated carbocycles. The molecule has 1 fully saturated rings. The highest BCUT2D eigenvalue weighted by atomic mass is 16.5. The second-order valence-corrected chi connectivity index (χ2v) is 3.84. The second kappa shape index (κ2) is 4.14. The summed E-state index contributed by atoms with van der Waals surface area (Å²) in [5, 5.41) is 0. The molecule has 6 nitrogen and oxygen atoms in total. The minimum absolute atomic E-state index is 0.107. The minimum Gasteiger partial charge on any atom is -0.378 e. The van der Waals surface area contributed by atoms with Crippen molar-refractivity contribution in [1.82, 2.24) is 14.4 Å². The fourth-order valence-electron chi connectivity index (χ4n) is 1.89. The van der Waals surface area contributed by atoms with Crippen molar-refractivity contribution in [3.05, 3.63) is 34.9 Å². The molecule has 0 aromatic carbocycles.